The van der Waals surface area contributed by atoms with E-state index in [4.69, 9.17) is 5.73 Å². The minimum absolute atomic E-state index is 0.230. The first-order valence-corrected chi connectivity index (χ1v) is 5.92. The van der Waals surface area contributed by atoms with Gasteiger partial charge in [0.15, 0.2) is 11.6 Å². The summed E-state index contributed by atoms with van der Waals surface area (Å²) in [5.41, 5.74) is 7.15. The Morgan fingerprint density at radius 1 is 1.53 bits per heavy atom. The molecular formula is C13H19FN2O. The van der Waals surface area contributed by atoms with Crippen LogP contribution in [0.1, 0.15) is 23.6 Å². The predicted octanol–water partition coefficient (Wildman–Crippen LogP) is 1.79. The van der Waals surface area contributed by atoms with Gasteiger partial charge in [-0.1, -0.05) is 6.07 Å². The maximum Gasteiger partial charge on any atom is 0.167 e. The second kappa shape index (κ2) is 4.63. The molecule has 1 aliphatic rings. The first kappa shape index (κ1) is 12.3. The third-order valence-corrected chi connectivity index (χ3v) is 3.61. The number of hydrogen-bond donors (Lipinski definition) is 2. The van der Waals surface area contributed by atoms with Crippen LogP contribution in [0, 0.1) is 18.7 Å². The maximum atomic E-state index is 13.4. The fourth-order valence-corrected chi connectivity index (χ4v) is 2.64. The normalized spacial score (nSPS) is 25.4. The fraction of sp³-hybridized carbons (Fsp3) is 0.538. The van der Waals surface area contributed by atoms with Gasteiger partial charge in [-0.3, -0.25) is 4.90 Å². The van der Waals surface area contributed by atoms with Gasteiger partial charge in [-0.05, 0) is 50.0 Å². The summed E-state index contributed by atoms with van der Waals surface area (Å²) in [7, 11) is 2.04. The number of halogens is 1. The van der Waals surface area contributed by atoms with Crippen LogP contribution in [0.5, 0.6) is 5.75 Å². The molecule has 0 aromatic heterocycles. The third-order valence-electron chi connectivity index (χ3n) is 3.61. The zero-order valence-electron chi connectivity index (χ0n) is 10.3. The fourth-order valence-electron chi connectivity index (χ4n) is 2.64. The summed E-state index contributed by atoms with van der Waals surface area (Å²) < 4.78 is 13.4. The molecule has 1 fully saturated rings. The Kier molecular flexibility index (Phi) is 3.35. The van der Waals surface area contributed by atoms with Gasteiger partial charge in [0.25, 0.3) is 0 Å². The van der Waals surface area contributed by atoms with Crippen LogP contribution in [0.3, 0.4) is 0 Å². The lowest BCUT2D eigenvalue weighted by atomic mass is 9.98. The molecular weight excluding hydrogens is 219 g/mol. The van der Waals surface area contributed by atoms with Crippen molar-refractivity contribution < 1.29 is 9.50 Å². The maximum absolute atomic E-state index is 13.4. The van der Waals surface area contributed by atoms with E-state index in [1.807, 2.05) is 13.1 Å². The number of aromatic hydroxyl groups is 1. The minimum Gasteiger partial charge on any atom is -0.505 e. The molecule has 2 rings (SSSR count). The highest BCUT2D eigenvalue weighted by molar-refractivity contribution is 5.36. The Labute approximate surface area is 101 Å². The first-order valence-electron chi connectivity index (χ1n) is 5.92. The molecule has 17 heavy (non-hydrogen) atoms. The van der Waals surface area contributed by atoms with Gasteiger partial charge in [-0.15, -0.1) is 0 Å². The Balaban J connectivity index is 2.29. The van der Waals surface area contributed by atoms with Gasteiger partial charge in [0, 0.05) is 12.6 Å². The molecule has 2 atom stereocenters. The van der Waals surface area contributed by atoms with Crippen LogP contribution in [0.15, 0.2) is 12.1 Å². The zero-order chi connectivity index (χ0) is 12.6. The Hall–Kier alpha value is -1.13. The van der Waals surface area contributed by atoms with Gasteiger partial charge < -0.3 is 10.8 Å². The monoisotopic (exact) mass is 238 g/mol. The van der Waals surface area contributed by atoms with Crippen molar-refractivity contribution in [3.8, 4) is 5.75 Å². The topological polar surface area (TPSA) is 49.5 Å². The van der Waals surface area contributed by atoms with Crippen LogP contribution in [0.2, 0.25) is 0 Å². The van der Waals surface area contributed by atoms with E-state index in [1.54, 1.807) is 6.92 Å². The van der Waals surface area contributed by atoms with Crippen molar-refractivity contribution in [1.82, 2.24) is 4.90 Å². The molecule has 3 nitrogen and oxygen atoms in total. The molecule has 1 aliphatic heterocycles. The lowest BCUT2D eigenvalue weighted by molar-refractivity contribution is 0.312. The Bertz CT molecular complexity index is 399. The Morgan fingerprint density at radius 2 is 2.24 bits per heavy atom. The second-order valence-corrected chi connectivity index (χ2v) is 4.96. The molecule has 0 amide bonds. The summed E-state index contributed by atoms with van der Waals surface area (Å²) in [6, 6.07) is 3.58. The first-order chi connectivity index (χ1) is 8.02. The standard InChI is InChI=1S/C13H19FN2O/c1-8-3-10(5-12(17)13(8)14)11-4-9(6-15)7-16(11)2/h3,5,9,11,17H,4,6-7,15H2,1-2H3. The third kappa shape index (κ3) is 2.28. The van der Waals surface area contributed by atoms with Crippen LogP contribution < -0.4 is 5.73 Å². The van der Waals surface area contributed by atoms with Crippen LogP contribution in [-0.2, 0) is 0 Å². The molecule has 0 spiro atoms. The number of nitrogens with two attached hydrogens (primary N) is 1. The number of likely N-dealkylation sites (tertiary alicyclic amines) is 1. The number of rotatable bonds is 2. The highest BCUT2D eigenvalue weighted by Gasteiger charge is 2.30. The van der Waals surface area contributed by atoms with Crippen molar-refractivity contribution in [2.75, 3.05) is 20.1 Å². The van der Waals surface area contributed by atoms with Gasteiger partial charge >= 0.3 is 0 Å². The van der Waals surface area contributed by atoms with E-state index >= 15 is 0 Å². The molecule has 2 unspecified atom stereocenters. The highest BCUT2D eigenvalue weighted by Crippen LogP contribution is 2.36. The van der Waals surface area contributed by atoms with Crippen molar-refractivity contribution >= 4 is 0 Å². The van der Waals surface area contributed by atoms with Gasteiger partial charge in [-0.2, -0.15) is 0 Å². The predicted molar refractivity (Wildman–Crippen MR) is 65.3 cm³/mol. The molecule has 0 saturated carbocycles. The molecule has 0 aliphatic carbocycles. The summed E-state index contributed by atoms with van der Waals surface area (Å²) >= 11 is 0. The van der Waals surface area contributed by atoms with Gasteiger partial charge in [0.05, 0.1) is 0 Å². The van der Waals surface area contributed by atoms with Crippen LogP contribution in [0.25, 0.3) is 0 Å². The van der Waals surface area contributed by atoms with Crippen LogP contribution in [0.4, 0.5) is 4.39 Å². The van der Waals surface area contributed by atoms with E-state index in [9.17, 15) is 9.50 Å². The van der Waals surface area contributed by atoms with E-state index < -0.39 is 5.82 Å². The second-order valence-electron chi connectivity index (χ2n) is 4.96. The number of phenolic OH excluding ortho intramolecular Hbond substituents is 1. The molecule has 0 radical (unpaired) electrons. The average Bonchev–Trinajstić information content (AvgIpc) is 2.67. The molecule has 0 bridgehead atoms. The Morgan fingerprint density at radius 3 is 2.76 bits per heavy atom. The number of hydrogen-bond acceptors (Lipinski definition) is 3. The highest BCUT2D eigenvalue weighted by atomic mass is 19.1. The summed E-state index contributed by atoms with van der Waals surface area (Å²) in [6.45, 7) is 3.30. The number of aryl methyl sites for hydroxylation is 1. The van der Waals surface area contributed by atoms with E-state index in [0.717, 1.165) is 18.5 Å². The number of benzene rings is 1. The van der Waals surface area contributed by atoms with Crippen molar-refractivity contribution in [3.63, 3.8) is 0 Å². The smallest absolute Gasteiger partial charge is 0.167 e. The van der Waals surface area contributed by atoms with E-state index in [1.165, 1.54) is 6.07 Å². The van der Waals surface area contributed by atoms with Crippen molar-refractivity contribution in [3.05, 3.63) is 29.1 Å². The summed E-state index contributed by atoms with van der Waals surface area (Å²) in [6.07, 6.45) is 0.970. The summed E-state index contributed by atoms with van der Waals surface area (Å²) in [5, 5.41) is 9.53. The lowest BCUT2D eigenvalue weighted by Gasteiger charge is -2.20. The molecule has 1 aromatic rings. The quantitative estimate of drug-likeness (QED) is 0.826. The van der Waals surface area contributed by atoms with Gasteiger partial charge in [0.1, 0.15) is 0 Å². The SMILES string of the molecule is Cc1cc(C2CC(CN)CN2C)cc(O)c1F. The molecule has 4 heteroatoms. The van der Waals surface area contributed by atoms with E-state index in [0.29, 0.717) is 18.0 Å². The molecule has 1 saturated heterocycles. The molecule has 3 N–H and O–H groups in total. The van der Waals surface area contributed by atoms with Gasteiger partial charge in [-0.25, -0.2) is 4.39 Å². The molecule has 94 valence electrons. The summed E-state index contributed by atoms with van der Waals surface area (Å²) in [4.78, 5) is 2.21. The van der Waals surface area contributed by atoms with Crippen LogP contribution >= 0.6 is 0 Å². The summed E-state index contributed by atoms with van der Waals surface area (Å²) in [5.74, 6) is -0.299. The number of nitrogens with zero attached hydrogens (tertiary/aromatic N) is 1. The van der Waals surface area contributed by atoms with Crippen molar-refractivity contribution in [1.29, 1.82) is 0 Å². The van der Waals surface area contributed by atoms with Crippen LogP contribution in [-0.4, -0.2) is 30.1 Å². The minimum atomic E-state index is -0.523. The average molecular weight is 238 g/mol. The molecule has 1 heterocycles. The number of phenols is 1. The molecule has 1 aromatic carbocycles. The zero-order valence-corrected chi connectivity index (χ0v) is 10.3. The van der Waals surface area contributed by atoms with E-state index in [2.05, 4.69) is 4.90 Å². The largest absolute Gasteiger partial charge is 0.505 e. The van der Waals surface area contributed by atoms with Crippen molar-refractivity contribution in [2.24, 2.45) is 11.7 Å². The lowest BCUT2D eigenvalue weighted by Crippen LogP contribution is -2.20. The van der Waals surface area contributed by atoms with Gasteiger partial charge in [0.2, 0.25) is 0 Å². The van der Waals surface area contributed by atoms with Crippen molar-refractivity contribution in [2.45, 2.75) is 19.4 Å². The van der Waals surface area contributed by atoms with E-state index in [-0.39, 0.29) is 11.8 Å².